The predicted molar refractivity (Wildman–Crippen MR) is 127 cm³/mol. The summed E-state index contributed by atoms with van der Waals surface area (Å²) in [5, 5.41) is 15.7. The molecule has 1 fully saturated rings. The highest BCUT2D eigenvalue weighted by atomic mass is 16.4. The summed E-state index contributed by atoms with van der Waals surface area (Å²) in [6.07, 6.45) is 2.92. The molecule has 1 saturated heterocycles. The Balaban J connectivity index is 1.80. The van der Waals surface area contributed by atoms with Gasteiger partial charge in [0.25, 0.3) is 5.91 Å². The Morgan fingerprint density at radius 1 is 1.20 bits per heavy atom. The zero-order chi connectivity index (χ0) is 25.5. The Labute approximate surface area is 203 Å². The Morgan fingerprint density at radius 2 is 1.94 bits per heavy atom. The lowest BCUT2D eigenvalue weighted by molar-refractivity contribution is -0.142. The second kappa shape index (κ2) is 11.5. The largest absolute Gasteiger partial charge is 0.481 e. The van der Waals surface area contributed by atoms with Crippen LogP contribution in [0.25, 0.3) is 10.8 Å². The van der Waals surface area contributed by atoms with Gasteiger partial charge in [-0.05, 0) is 30.2 Å². The number of nitrogens with one attached hydrogen (secondary N) is 2. The summed E-state index contributed by atoms with van der Waals surface area (Å²) in [5.41, 5.74) is 0.211. The van der Waals surface area contributed by atoms with Crippen LogP contribution in [0.4, 0.5) is 0 Å². The van der Waals surface area contributed by atoms with Gasteiger partial charge in [-0.1, -0.05) is 44.5 Å². The first kappa shape index (κ1) is 25.8. The molecule has 10 heteroatoms. The molecule has 0 saturated carbocycles. The van der Waals surface area contributed by atoms with E-state index in [-0.39, 0.29) is 11.6 Å². The number of benzene rings is 1. The van der Waals surface area contributed by atoms with Crippen LogP contribution in [0.5, 0.6) is 0 Å². The summed E-state index contributed by atoms with van der Waals surface area (Å²) in [5.74, 6) is -2.91. The number of pyridine rings is 1. The third kappa shape index (κ3) is 6.00. The minimum atomic E-state index is -1.22. The maximum absolute atomic E-state index is 13.6. The number of carbonyl (C=O) groups is 5. The summed E-state index contributed by atoms with van der Waals surface area (Å²) < 4.78 is 0. The first-order valence-corrected chi connectivity index (χ1v) is 11.7. The van der Waals surface area contributed by atoms with Crippen molar-refractivity contribution in [3.63, 3.8) is 0 Å². The van der Waals surface area contributed by atoms with Gasteiger partial charge in [0.05, 0.1) is 12.5 Å². The molecule has 1 aromatic heterocycles. The number of hydrogen-bond donors (Lipinski definition) is 3. The van der Waals surface area contributed by atoms with Crippen molar-refractivity contribution in [2.45, 2.75) is 57.7 Å². The number of aromatic nitrogens is 1. The number of aldehydes is 1. The van der Waals surface area contributed by atoms with Gasteiger partial charge in [-0.15, -0.1) is 0 Å². The fourth-order valence-corrected chi connectivity index (χ4v) is 4.28. The molecule has 35 heavy (non-hydrogen) atoms. The highest BCUT2D eigenvalue weighted by Gasteiger charge is 2.40. The van der Waals surface area contributed by atoms with Crippen molar-refractivity contribution < 1.29 is 29.1 Å². The zero-order valence-electron chi connectivity index (χ0n) is 19.8. The van der Waals surface area contributed by atoms with E-state index in [1.807, 2.05) is 32.0 Å². The van der Waals surface area contributed by atoms with Crippen molar-refractivity contribution in [1.29, 1.82) is 0 Å². The molecule has 3 rings (SSSR count). The highest BCUT2D eigenvalue weighted by molar-refractivity contribution is 6.06. The molecule has 2 heterocycles. The number of rotatable bonds is 10. The first-order chi connectivity index (χ1) is 16.8. The molecule has 0 aliphatic carbocycles. The van der Waals surface area contributed by atoms with E-state index in [0.29, 0.717) is 37.5 Å². The summed E-state index contributed by atoms with van der Waals surface area (Å²) in [7, 11) is 0. The van der Waals surface area contributed by atoms with Crippen molar-refractivity contribution in [3.8, 4) is 0 Å². The van der Waals surface area contributed by atoms with E-state index in [9.17, 15) is 24.0 Å². The molecular weight excluding hydrogens is 452 g/mol. The van der Waals surface area contributed by atoms with Crippen LogP contribution in [0.3, 0.4) is 0 Å². The van der Waals surface area contributed by atoms with Crippen molar-refractivity contribution in [1.82, 2.24) is 20.5 Å². The van der Waals surface area contributed by atoms with Crippen molar-refractivity contribution in [2.24, 2.45) is 5.92 Å². The van der Waals surface area contributed by atoms with E-state index in [1.165, 1.54) is 4.90 Å². The molecule has 0 bridgehead atoms. The van der Waals surface area contributed by atoms with Crippen LogP contribution in [0.15, 0.2) is 36.5 Å². The van der Waals surface area contributed by atoms with Gasteiger partial charge in [0.1, 0.15) is 24.1 Å². The number of fused-ring (bicyclic) bond motifs is 1. The fraction of sp³-hybridized carbons (Fsp3) is 0.440. The van der Waals surface area contributed by atoms with Gasteiger partial charge in [0.2, 0.25) is 11.8 Å². The third-order valence-electron chi connectivity index (χ3n) is 6.38. The van der Waals surface area contributed by atoms with Gasteiger partial charge in [0, 0.05) is 18.1 Å². The Kier molecular flexibility index (Phi) is 8.51. The van der Waals surface area contributed by atoms with Crippen LogP contribution in [0.2, 0.25) is 0 Å². The van der Waals surface area contributed by atoms with Crippen molar-refractivity contribution >= 4 is 40.7 Å². The lowest BCUT2D eigenvalue weighted by atomic mass is 9.97. The second-order valence-corrected chi connectivity index (χ2v) is 8.76. The Bertz CT molecular complexity index is 1110. The standard InChI is InChI=1S/C25H30N4O6/c1-3-15(2)21(28-24(34)22-18-8-5-4-7-16(18)10-11-26-22)25(35)29-12-6-9-19(29)23(33)27-17(14-30)13-20(31)32/h4-5,7-8,10-11,14-15,17,19,21H,3,6,9,12-13H2,1-2H3,(H,27,33)(H,28,34)(H,31,32)/t15?,17-,19-,21-/m0/s1. The molecule has 3 N–H and O–H groups in total. The van der Waals surface area contributed by atoms with Gasteiger partial charge in [-0.2, -0.15) is 0 Å². The highest BCUT2D eigenvalue weighted by Crippen LogP contribution is 2.23. The molecule has 10 nitrogen and oxygen atoms in total. The molecule has 1 unspecified atom stereocenters. The minimum Gasteiger partial charge on any atom is -0.481 e. The quantitative estimate of drug-likeness (QED) is 0.435. The maximum atomic E-state index is 13.6. The van der Waals surface area contributed by atoms with Gasteiger partial charge in [-0.25, -0.2) is 0 Å². The molecule has 1 aromatic carbocycles. The number of amides is 3. The molecule has 1 aliphatic heterocycles. The van der Waals surface area contributed by atoms with E-state index in [0.717, 1.165) is 5.39 Å². The minimum absolute atomic E-state index is 0.211. The zero-order valence-corrected chi connectivity index (χ0v) is 19.8. The lowest BCUT2D eigenvalue weighted by Gasteiger charge is -2.31. The van der Waals surface area contributed by atoms with Gasteiger partial charge < -0.3 is 25.4 Å². The molecule has 2 aromatic rings. The lowest BCUT2D eigenvalue weighted by Crippen LogP contribution is -2.56. The number of aliphatic carboxylic acids is 1. The second-order valence-electron chi connectivity index (χ2n) is 8.76. The number of nitrogens with zero attached hydrogens (tertiary/aromatic N) is 2. The summed E-state index contributed by atoms with van der Waals surface area (Å²) in [6.45, 7) is 4.07. The van der Waals surface area contributed by atoms with Crippen molar-refractivity contribution in [3.05, 3.63) is 42.2 Å². The number of likely N-dealkylation sites (tertiary alicyclic amines) is 1. The topological polar surface area (TPSA) is 146 Å². The molecule has 1 aliphatic rings. The number of carboxylic acid groups (broad SMARTS) is 1. The average molecular weight is 483 g/mol. The van der Waals surface area contributed by atoms with E-state index in [4.69, 9.17) is 5.11 Å². The third-order valence-corrected chi connectivity index (χ3v) is 6.38. The molecule has 4 atom stereocenters. The van der Waals surface area contributed by atoms with Crippen LogP contribution < -0.4 is 10.6 Å². The summed E-state index contributed by atoms with van der Waals surface area (Å²) >= 11 is 0. The fourth-order valence-electron chi connectivity index (χ4n) is 4.28. The Hall–Kier alpha value is -3.82. The van der Waals surface area contributed by atoms with E-state index >= 15 is 0 Å². The average Bonchev–Trinajstić information content (AvgIpc) is 3.35. The van der Waals surface area contributed by atoms with Crippen LogP contribution in [0.1, 0.15) is 50.0 Å². The maximum Gasteiger partial charge on any atom is 0.305 e. The summed E-state index contributed by atoms with van der Waals surface area (Å²) in [6, 6.07) is 6.21. The predicted octanol–water partition coefficient (Wildman–Crippen LogP) is 1.53. The summed E-state index contributed by atoms with van der Waals surface area (Å²) in [4.78, 5) is 67.3. The van der Waals surface area contributed by atoms with E-state index < -0.39 is 48.2 Å². The smallest absolute Gasteiger partial charge is 0.305 e. The van der Waals surface area contributed by atoms with Crippen LogP contribution in [-0.2, 0) is 19.2 Å². The molecule has 186 valence electrons. The van der Waals surface area contributed by atoms with Gasteiger partial charge >= 0.3 is 5.97 Å². The van der Waals surface area contributed by atoms with Crippen LogP contribution >= 0.6 is 0 Å². The van der Waals surface area contributed by atoms with Gasteiger partial charge in [0.15, 0.2) is 0 Å². The molecule has 3 amide bonds. The first-order valence-electron chi connectivity index (χ1n) is 11.7. The SMILES string of the molecule is CCC(C)[C@H](NC(=O)c1nccc2ccccc12)C(=O)N1CCC[C@H]1C(=O)N[C@H](C=O)CC(=O)O. The number of carboxylic acids is 1. The van der Waals surface area contributed by atoms with E-state index in [1.54, 1.807) is 18.3 Å². The van der Waals surface area contributed by atoms with Crippen molar-refractivity contribution in [2.75, 3.05) is 6.54 Å². The van der Waals surface area contributed by atoms with Crippen LogP contribution in [-0.4, -0.2) is 69.6 Å². The number of carbonyl (C=O) groups excluding carboxylic acids is 4. The van der Waals surface area contributed by atoms with Crippen LogP contribution in [0, 0.1) is 5.92 Å². The normalized spacial score (nSPS) is 17.9. The molecular formula is C25H30N4O6. The number of hydrogen-bond acceptors (Lipinski definition) is 6. The molecule has 0 spiro atoms. The monoisotopic (exact) mass is 482 g/mol. The molecule has 0 radical (unpaired) electrons. The van der Waals surface area contributed by atoms with E-state index in [2.05, 4.69) is 15.6 Å². The Morgan fingerprint density at radius 3 is 2.63 bits per heavy atom. The van der Waals surface area contributed by atoms with Gasteiger partial charge in [-0.3, -0.25) is 24.2 Å².